The SMILES string of the molecule is Cc1c(CC(=O)O)c2ccc(F)cn2c1SC1CC[C@@H](S(C)(=O)=O)CC1Cl. The van der Waals surface area contributed by atoms with Crippen LogP contribution in [-0.2, 0) is 21.1 Å². The maximum atomic E-state index is 13.8. The summed E-state index contributed by atoms with van der Waals surface area (Å²) in [5.74, 6) is -1.36. The second-order valence-electron chi connectivity index (χ2n) is 7.02. The number of aliphatic carboxylic acids is 1. The topological polar surface area (TPSA) is 75.8 Å². The number of carboxylic acid groups (broad SMARTS) is 1. The molecule has 1 N–H and O–H groups in total. The van der Waals surface area contributed by atoms with Crippen molar-refractivity contribution < 1.29 is 22.7 Å². The third-order valence-corrected chi connectivity index (χ3v) is 8.94. The van der Waals surface area contributed by atoms with Crippen LogP contribution in [0.25, 0.3) is 5.52 Å². The summed E-state index contributed by atoms with van der Waals surface area (Å²) in [4.78, 5) is 11.2. The molecule has 2 unspecified atom stereocenters. The van der Waals surface area contributed by atoms with Crippen LogP contribution in [0.3, 0.4) is 0 Å². The first-order valence-electron chi connectivity index (χ1n) is 8.58. The van der Waals surface area contributed by atoms with E-state index in [0.29, 0.717) is 30.3 Å². The van der Waals surface area contributed by atoms with Gasteiger partial charge in [-0.15, -0.1) is 23.4 Å². The third kappa shape index (κ3) is 4.27. The van der Waals surface area contributed by atoms with Crippen LogP contribution in [0, 0.1) is 12.7 Å². The van der Waals surface area contributed by atoms with Crippen molar-refractivity contribution in [1.82, 2.24) is 4.40 Å². The number of nitrogens with zero attached hydrogens (tertiary/aromatic N) is 1. The van der Waals surface area contributed by atoms with E-state index in [9.17, 15) is 22.7 Å². The van der Waals surface area contributed by atoms with Crippen LogP contribution in [0.5, 0.6) is 0 Å². The molecule has 1 fully saturated rings. The molecule has 3 atom stereocenters. The minimum Gasteiger partial charge on any atom is -0.481 e. The summed E-state index contributed by atoms with van der Waals surface area (Å²) in [6.07, 6.45) is 4.00. The zero-order valence-corrected chi connectivity index (χ0v) is 17.4. The largest absolute Gasteiger partial charge is 0.481 e. The number of hydrogen-bond acceptors (Lipinski definition) is 4. The Labute approximate surface area is 166 Å². The molecule has 0 radical (unpaired) electrons. The van der Waals surface area contributed by atoms with Crippen LogP contribution >= 0.6 is 23.4 Å². The standard InChI is InChI=1S/C18H21ClFNO4S2/c1-10-13(8-17(22)23)15-5-3-11(20)9-21(15)18(10)26-16-6-4-12(7-14(16)19)27(2,24)25/h3,5,9,12,14,16H,4,6-8H2,1-2H3,(H,22,23)/t12-,14?,16?/m1/s1. The first kappa shape index (κ1) is 20.5. The van der Waals surface area contributed by atoms with E-state index in [2.05, 4.69) is 0 Å². The van der Waals surface area contributed by atoms with Gasteiger partial charge in [-0.2, -0.15) is 0 Å². The molecule has 5 nitrogen and oxygen atoms in total. The minimum atomic E-state index is -3.13. The highest BCUT2D eigenvalue weighted by Gasteiger charge is 2.35. The Hall–Kier alpha value is -1.25. The molecule has 2 aromatic heterocycles. The fourth-order valence-corrected chi connectivity index (χ4v) is 6.71. The summed E-state index contributed by atoms with van der Waals surface area (Å²) in [5.41, 5.74) is 2.11. The number of sulfone groups is 1. The molecule has 3 rings (SSSR count). The van der Waals surface area contributed by atoms with E-state index in [1.165, 1.54) is 30.3 Å². The number of carboxylic acids is 1. The first-order valence-corrected chi connectivity index (χ1v) is 11.9. The normalized spacial score (nSPS) is 23.6. The van der Waals surface area contributed by atoms with Crippen LogP contribution in [0.2, 0.25) is 0 Å². The molecule has 0 aromatic carbocycles. The van der Waals surface area contributed by atoms with Gasteiger partial charge in [0.05, 0.1) is 22.2 Å². The smallest absolute Gasteiger partial charge is 0.307 e. The Morgan fingerprint density at radius 2 is 2.11 bits per heavy atom. The summed E-state index contributed by atoms with van der Waals surface area (Å²) >= 11 is 7.97. The lowest BCUT2D eigenvalue weighted by atomic mass is 9.99. The van der Waals surface area contributed by atoms with Crippen molar-refractivity contribution in [3.63, 3.8) is 0 Å². The van der Waals surface area contributed by atoms with E-state index in [4.69, 9.17) is 11.6 Å². The lowest BCUT2D eigenvalue weighted by molar-refractivity contribution is -0.136. The Morgan fingerprint density at radius 1 is 1.41 bits per heavy atom. The van der Waals surface area contributed by atoms with Crippen molar-refractivity contribution in [2.75, 3.05) is 6.26 Å². The van der Waals surface area contributed by atoms with Gasteiger partial charge in [0.15, 0.2) is 0 Å². The predicted octanol–water partition coefficient (Wildman–Crippen LogP) is 3.68. The summed E-state index contributed by atoms with van der Waals surface area (Å²) in [7, 11) is -3.13. The molecule has 9 heteroatoms. The second kappa shape index (κ2) is 7.64. The van der Waals surface area contributed by atoms with Gasteiger partial charge in [0, 0.05) is 23.1 Å². The fourth-order valence-electron chi connectivity index (χ4n) is 3.63. The van der Waals surface area contributed by atoms with Gasteiger partial charge in [0.25, 0.3) is 0 Å². The molecule has 2 aromatic rings. The number of aromatic nitrogens is 1. The van der Waals surface area contributed by atoms with Crippen molar-refractivity contribution in [2.45, 2.75) is 53.5 Å². The van der Waals surface area contributed by atoms with Gasteiger partial charge in [-0.3, -0.25) is 4.79 Å². The predicted molar refractivity (Wildman–Crippen MR) is 105 cm³/mol. The quantitative estimate of drug-likeness (QED) is 0.728. The van der Waals surface area contributed by atoms with Crippen LogP contribution in [0.15, 0.2) is 23.4 Å². The van der Waals surface area contributed by atoms with Crippen LogP contribution < -0.4 is 0 Å². The third-order valence-electron chi connectivity index (χ3n) is 5.07. The first-order chi connectivity index (χ1) is 12.6. The Balaban J connectivity index is 1.94. The van der Waals surface area contributed by atoms with E-state index < -0.39 is 26.9 Å². The molecule has 2 heterocycles. The molecule has 148 valence electrons. The van der Waals surface area contributed by atoms with Crippen molar-refractivity contribution in [1.29, 1.82) is 0 Å². The molecule has 0 bridgehead atoms. The molecule has 0 amide bonds. The van der Waals surface area contributed by atoms with E-state index in [0.717, 1.165) is 10.6 Å². The molecular formula is C18H21ClFNO4S2. The van der Waals surface area contributed by atoms with E-state index in [1.54, 1.807) is 10.5 Å². The summed E-state index contributed by atoms with van der Waals surface area (Å²) in [5, 5.41) is 9.19. The van der Waals surface area contributed by atoms with Crippen molar-refractivity contribution in [3.8, 4) is 0 Å². The van der Waals surface area contributed by atoms with E-state index in [1.807, 2.05) is 6.92 Å². The molecule has 0 saturated heterocycles. The van der Waals surface area contributed by atoms with Gasteiger partial charge in [-0.25, -0.2) is 12.8 Å². The highest BCUT2D eigenvalue weighted by Crippen LogP contribution is 2.41. The zero-order valence-electron chi connectivity index (χ0n) is 15.0. The fraction of sp³-hybridized carbons (Fsp3) is 0.500. The van der Waals surface area contributed by atoms with Crippen LogP contribution in [-0.4, -0.2) is 46.0 Å². The molecule has 0 spiro atoms. The van der Waals surface area contributed by atoms with Crippen molar-refractivity contribution in [3.05, 3.63) is 35.3 Å². The maximum absolute atomic E-state index is 13.8. The monoisotopic (exact) mass is 433 g/mol. The number of rotatable bonds is 5. The number of alkyl halides is 1. The molecule has 1 aliphatic carbocycles. The van der Waals surface area contributed by atoms with Crippen molar-refractivity contribution >= 4 is 44.7 Å². The van der Waals surface area contributed by atoms with Gasteiger partial charge in [0.2, 0.25) is 0 Å². The van der Waals surface area contributed by atoms with Gasteiger partial charge < -0.3 is 9.51 Å². The number of fused-ring (bicyclic) bond motifs is 1. The van der Waals surface area contributed by atoms with Crippen LogP contribution in [0.1, 0.15) is 30.4 Å². The number of halogens is 2. The van der Waals surface area contributed by atoms with Gasteiger partial charge in [-0.1, -0.05) is 0 Å². The average molecular weight is 434 g/mol. The lowest BCUT2D eigenvalue weighted by Crippen LogP contribution is -2.34. The minimum absolute atomic E-state index is 0.0255. The number of thioether (sulfide) groups is 1. The van der Waals surface area contributed by atoms with Crippen molar-refractivity contribution in [2.24, 2.45) is 0 Å². The molecular weight excluding hydrogens is 413 g/mol. The highest BCUT2D eigenvalue weighted by molar-refractivity contribution is 8.00. The van der Waals surface area contributed by atoms with E-state index >= 15 is 0 Å². The number of carbonyl (C=O) groups is 1. The Bertz CT molecular complexity index is 989. The highest BCUT2D eigenvalue weighted by atomic mass is 35.5. The second-order valence-corrected chi connectivity index (χ2v) is 11.1. The van der Waals surface area contributed by atoms with E-state index in [-0.39, 0.29) is 17.0 Å². The maximum Gasteiger partial charge on any atom is 0.307 e. The molecule has 0 aliphatic heterocycles. The van der Waals surface area contributed by atoms with Gasteiger partial charge in [0.1, 0.15) is 15.7 Å². The molecule has 1 aliphatic rings. The number of pyridine rings is 1. The summed E-state index contributed by atoms with van der Waals surface area (Å²) in [6, 6.07) is 2.90. The van der Waals surface area contributed by atoms with Gasteiger partial charge >= 0.3 is 5.97 Å². The molecule has 27 heavy (non-hydrogen) atoms. The summed E-state index contributed by atoms with van der Waals surface area (Å²) in [6.45, 7) is 1.83. The molecule has 1 saturated carbocycles. The number of hydrogen-bond donors (Lipinski definition) is 1. The summed E-state index contributed by atoms with van der Waals surface area (Å²) < 4.78 is 39.1. The Kier molecular flexibility index (Phi) is 5.80. The zero-order chi connectivity index (χ0) is 19.9. The Morgan fingerprint density at radius 3 is 2.70 bits per heavy atom. The lowest BCUT2D eigenvalue weighted by Gasteiger charge is -2.31. The van der Waals surface area contributed by atoms with Gasteiger partial charge in [-0.05, 0) is 49.4 Å². The van der Waals surface area contributed by atoms with Crippen LogP contribution in [0.4, 0.5) is 4.39 Å². The average Bonchev–Trinajstić information content (AvgIpc) is 2.80.